The Bertz CT molecular complexity index is 420. The molecule has 1 atom stereocenters. The van der Waals surface area contributed by atoms with Crippen molar-refractivity contribution in [3.8, 4) is 11.8 Å². The smallest absolute Gasteiger partial charge is 0.123 e. The molecule has 4 heteroatoms. The van der Waals surface area contributed by atoms with Crippen molar-refractivity contribution in [2.75, 3.05) is 26.3 Å². The maximum atomic E-state index is 8.83. The van der Waals surface area contributed by atoms with Gasteiger partial charge in [0.15, 0.2) is 0 Å². The van der Waals surface area contributed by atoms with Crippen molar-refractivity contribution in [1.29, 1.82) is 5.26 Å². The van der Waals surface area contributed by atoms with Crippen LogP contribution in [0.2, 0.25) is 0 Å². The zero-order chi connectivity index (χ0) is 12.1. The van der Waals surface area contributed by atoms with E-state index in [1.54, 1.807) is 12.1 Å². The average molecular weight is 232 g/mol. The number of rotatable bonds is 3. The standard InChI is InChI=1S/C13H16N2O2/c1-10-2-3-11(7-14)6-13(10)17-9-12-8-15-4-5-16-12/h2-3,6,12,15H,4-5,8-9H2,1H3. The van der Waals surface area contributed by atoms with Crippen molar-refractivity contribution >= 4 is 0 Å². The van der Waals surface area contributed by atoms with Crippen LogP contribution in [-0.2, 0) is 4.74 Å². The fraction of sp³-hybridized carbons (Fsp3) is 0.462. The Hall–Kier alpha value is -1.57. The molecule has 1 saturated heterocycles. The Morgan fingerprint density at radius 2 is 2.47 bits per heavy atom. The minimum atomic E-state index is 0.0916. The lowest BCUT2D eigenvalue weighted by molar-refractivity contribution is 0.0000627. The minimum Gasteiger partial charge on any atom is -0.491 e. The molecule has 0 radical (unpaired) electrons. The van der Waals surface area contributed by atoms with Gasteiger partial charge in [-0.25, -0.2) is 0 Å². The van der Waals surface area contributed by atoms with E-state index in [9.17, 15) is 0 Å². The molecule has 1 aromatic rings. The first-order chi connectivity index (χ1) is 8.29. The number of nitrogens with one attached hydrogen (secondary N) is 1. The molecule has 1 aliphatic heterocycles. The second-order valence-electron chi connectivity index (χ2n) is 4.10. The molecule has 2 rings (SSSR count). The maximum Gasteiger partial charge on any atom is 0.123 e. The van der Waals surface area contributed by atoms with Crippen molar-refractivity contribution in [2.24, 2.45) is 0 Å². The zero-order valence-electron chi connectivity index (χ0n) is 9.90. The largest absolute Gasteiger partial charge is 0.491 e. The molecule has 90 valence electrons. The number of benzene rings is 1. The lowest BCUT2D eigenvalue weighted by Gasteiger charge is -2.24. The highest BCUT2D eigenvalue weighted by molar-refractivity contribution is 5.41. The summed E-state index contributed by atoms with van der Waals surface area (Å²) < 4.78 is 11.2. The van der Waals surface area contributed by atoms with Gasteiger partial charge in [0, 0.05) is 13.1 Å². The van der Waals surface area contributed by atoms with Gasteiger partial charge in [0.1, 0.15) is 18.5 Å². The summed E-state index contributed by atoms with van der Waals surface area (Å²) in [7, 11) is 0. The highest BCUT2D eigenvalue weighted by atomic mass is 16.5. The van der Waals surface area contributed by atoms with Crippen LogP contribution in [-0.4, -0.2) is 32.4 Å². The first-order valence-electron chi connectivity index (χ1n) is 5.75. The van der Waals surface area contributed by atoms with Crippen LogP contribution in [0, 0.1) is 18.3 Å². The molecule has 0 aliphatic carbocycles. The average Bonchev–Trinajstić information content (AvgIpc) is 2.39. The Morgan fingerprint density at radius 3 is 3.18 bits per heavy atom. The number of nitrogens with zero attached hydrogens (tertiary/aromatic N) is 1. The number of nitriles is 1. The second kappa shape index (κ2) is 5.67. The van der Waals surface area contributed by atoms with E-state index in [4.69, 9.17) is 14.7 Å². The van der Waals surface area contributed by atoms with Gasteiger partial charge in [0.2, 0.25) is 0 Å². The molecule has 17 heavy (non-hydrogen) atoms. The second-order valence-corrected chi connectivity index (χ2v) is 4.10. The van der Waals surface area contributed by atoms with E-state index in [0.717, 1.165) is 31.0 Å². The molecule has 0 amide bonds. The molecule has 0 saturated carbocycles. The fourth-order valence-corrected chi connectivity index (χ4v) is 1.73. The van der Waals surface area contributed by atoms with E-state index in [-0.39, 0.29) is 6.10 Å². The molecule has 0 aromatic heterocycles. The molecular weight excluding hydrogens is 216 g/mol. The fourth-order valence-electron chi connectivity index (χ4n) is 1.73. The zero-order valence-corrected chi connectivity index (χ0v) is 9.90. The van der Waals surface area contributed by atoms with Gasteiger partial charge in [-0.3, -0.25) is 0 Å². The molecular formula is C13H16N2O2. The quantitative estimate of drug-likeness (QED) is 0.851. The summed E-state index contributed by atoms with van der Waals surface area (Å²) in [5, 5.41) is 12.1. The Labute approximate surface area is 101 Å². The number of morpholine rings is 1. The monoisotopic (exact) mass is 232 g/mol. The molecule has 4 nitrogen and oxygen atoms in total. The van der Waals surface area contributed by atoms with Gasteiger partial charge in [-0.2, -0.15) is 5.26 Å². The van der Waals surface area contributed by atoms with Crippen LogP contribution in [0.15, 0.2) is 18.2 Å². The molecule has 1 heterocycles. The summed E-state index contributed by atoms with van der Waals surface area (Å²) >= 11 is 0. The van der Waals surface area contributed by atoms with E-state index in [1.165, 1.54) is 0 Å². The van der Waals surface area contributed by atoms with E-state index < -0.39 is 0 Å². The third-order valence-corrected chi connectivity index (χ3v) is 2.75. The molecule has 1 fully saturated rings. The molecule has 0 bridgehead atoms. The van der Waals surface area contributed by atoms with E-state index in [1.807, 2.05) is 13.0 Å². The summed E-state index contributed by atoms with van der Waals surface area (Å²) in [5.74, 6) is 0.762. The van der Waals surface area contributed by atoms with E-state index in [0.29, 0.717) is 12.2 Å². The summed E-state index contributed by atoms with van der Waals surface area (Å²) in [6, 6.07) is 7.57. The summed E-state index contributed by atoms with van der Waals surface area (Å²) in [5.41, 5.74) is 1.65. The molecule has 1 aliphatic rings. The summed E-state index contributed by atoms with van der Waals surface area (Å²) in [6.45, 7) is 4.93. The van der Waals surface area contributed by atoms with Crippen molar-refractivity contribution in [3.05, 3.63) is 29.3 Å². The van der Waals surface area contributed by atoms with Crippen LogP contribution >= 0.6 is 0 Å². The first-order valence-corrected chi connectivity index (χ1v) is 5.75. The molecule has 0 spiro atoms. The van der Waals surface area contributed by atoms with Crippen LogP contribution < -0.4 is 10.1 Å². The predicted octanol–water partition coefficient (Wildman–Crippen LogP) is 1.23. The van der Waals surface area contributed by atoms with Gasteiger partial charge in [-0.15, -0.1) is 0 Å². The number of aryl methyl sites for hydroxylation is 1. The topological polar surface area (TPSA) is 54.3 Å². The first kappa shape index (κ1) is 11.9. The lowest BCUT2D eigenvalue weighted by atomic mass is 10.1. The Morgan fingerprint density at radius 1 is 1.59 bits per heavy atom. The van der Waals surface area contributed by atoms with Gasteiger partial charge in [-0.05, 0) is 24.6 Å². The molecule has 1 N–H and O–H groups in total. The van der Waals surface area contributed by atoms with Gasteiger partial charge in [0.05, 0.1) is 18.2 Å². The van der Waals surface area contributed by atoms with Gasteiger partial charge in [-0.1, -0.05) is 6.07 Å². The number of ether oxygens (including phenoxy) is 2. The lowest BCUT2D eigenvalue weighted by Crippen LogP contribution is -2.41. The van der Waals surface area contributed by atoms with Crippen LogP contribution in [0.1, 0.15) is 11.1 Å². The Kier molecular flexibility index (Phi) is 3.97. The highest BCUT2D eigenvalue weighted by Gasteiger charge is 2.14. The number of hydrogen-bond acceptors (Lipinski definition) is 4. The SMILES string of the molecule is Cc1ccc(C#N)cc1OCC1CNCCO1. The third-order valence-electron chi connectivity index (χ3n) is 2.75. The number of hydrogen-bond donors (Lipinski definition) is 1. The highest BCUT2D eigenvalue weighted by Crippen LogP contribution is 2.19. The van der Waals surface area contributed by atoms with Gasteiger partial charge in [0.25, 0.3) is 0 Å². The van der Waals surface area contributed by atoms with E-state index in [2.05, 4.69) is 11.4 Å². The van der Waals surface area contributed by atoms with Crippen molar-refractivity contribution in [2.45, 2.75) is 13.0 Å². The van der Waals surface area contributed by atoms with Crippen molar-refractivity contribution in [1.82, 2.24) is 5.32 Å². The van der Waals surface area contributed by atoms with E-state index >= 15 is 0 Å². The third kappa shape index (κ3) is 3.19. The van der Waals surface area contributed by atoms with Crippen molar-refractivity contribution < 1.29 is 9.47 Å². The maximum absolute atomic E-state index is 8.83. The van der Waals surface area contributed by atoms with Crippen LogP contribution in [0.5, 0.6) is 5.75 Å². The minimum absolute atomic E-state index is 0.0916. The normalized spacial score (nSPS) is 19.6. The van der Waals surface area contributed by atoms with Crippen LogP contribution in [0.4, 0.5) is 0 Å². The van der Waals surface area contributed by atoms with Gasteiger partial charge >= 0.3 is 0 Å². The van der Waals surface area contributed by atoms with Crippen molar-refractivity contribution in [3.63, 3.8) is 0 Å². The Balaban J connectivity index is 1.95. The summed E-state index contributed by atoms with van der Waals surface area (Å²) in [4.78, 5) is 0. The predicted molar refractivity (Wildman–Crippen MR) is 64.0 cm³/mol. The van der Waals surface area contributed by atoms with Gasteiger partial charge < -0.3 is 14.8 Å². The van der Waals surface area contributed by atoms with Crippen LogP contribution in [0.25, 0.3) is 0 Å². The van der Waals surface area contributed by atoms with Crippen LogP contribution in [0.3, 0.4) is 0 Å². The molecule has 1 unspecified atom stereocenters. The summed E-state index contributed by atoms with van der Waals surface area (Å²) in [6.07, 6.45) is 0.0916. The molecule has 1 aromatic carbocycles.